The van der Waals surface area contributed by atoms with Gasteiger partial charge in [0.2, 0.25) is 5.90 Å². The van der Waals surface area contributed by atoms with Crippen LogP contribution in [0.1, 0.15) is 41.2 Å². The Kier molecular flexibility index (Phi) is 11.2. The molecule has 4 aromatic rings. The fourth-order valence-corrected chi connectivity index (χ4v) is 5.82. The molecule has 9 heteroatoms. The maximum atomic E-state index is 14.3. The number of carbonyl (C=O) groups is 1. The van der Waals surface area contributed by atoms with Crippen LogP contribution in [0, 0.1) is 0 Å². The van der Waals surface area contributed by atoms with Gasteiger partial charge in [0, 0.05) is 40.5 Å². The molecule has 1 aliphatic heterocycles. The molecule has 1 aliphatic rings. The zero-order valence-corrected chi connectivity index (χ0v) is 27.4. The number of ether oxygens (including phenoxy) is 2. The molecule has 0 saturated carbocycles. The van der Waals surface area contributed by atoms with E-state index in [1.807, 2.05) is 91.0 Å². The summed E-state index contributed by atoms with van der Waals surface area (Å²) in [6.07, 6.45) is 1.93. The molecule has 3 N–H and O–H groups in total. The van der Waals surface area contributed by atoms with Gasteiger partial charge in [0.1, 0.15) is 5.75 Å². The number of benzene rings is 4. The first kappa shape index (κ1) is 31.9. The Hall–Kier alpha value is -3.50. The number of hydrogen-bond donors (Lipinski definition) is 3. The molecule has 0 fully saturated rings. The zero-order valence-electron chi connectivity index (χ0n) is 24.2. The molecular formula is C35H35Br2N3O4. The monoisotopic (exact) mass is 719 g/mol. The summed E-state index contributed by atoms with van der Waals surface area (Å²) >= 11 is 7.21. The van der Waals surface area contributed by atoms with Crippen molar-refractivity contribution in [1.29, 1.82) is 0 Å². The summed E-state index contributed by atoms with van der Waals surface area (Å²) in [6, 6.07) is 33.4. The Morgan fingerprint density at radius 1 is 0.909 bits per heavy atom. The van der Waals surface area contributed by atoms with Crippen LogP contribution in [0.25, 0.3) is 0 Å². The normalized spacial score (nSPS) is 17.5. The van der Waals surface area contributed by atoms with Crippen LogP contribution in [0.3, 0.4) is 0 Å². The fourth-order valence-electron chi connectivity index (χ4n) is 5.13. The molecule has 7 nitrogen and oxygen atoms in total. The van der Waals surface area contributed by atoms with Crippen LogP contribution in [0.2, 0.25) is 0 Å². The molecule has 4 aromatic carbocycles. The third-order valence-corrected chi connectivity index (χ3v) is 8.73. The summed E-state index contributed by atoms with van der Waals surface area (Å²) in [5, 5.41) is 9.06. The Morgan fingerprint density at radius 2 is 1.64 bits per heavy atom. The topological polar surface area (TPSA) is 92.2 Å². The Morgan fingerprint density at radius 3 is 2.36 bits per heavy atom. The largest absolute Gasteiger partial charge is 0.494 e. The van der Waals surface area contributed by atoms with E-state index in [0.29, 0.717) is 37.6 Å². The van der Waals surface area contributed by atoms with Crippen LogP contribution in [-0.2, 0) is 22.4 Å². The van der Waals surface area contributed by atoms with Gasteiger partial charge in [0.25, 0.3) is 5.91 Å². The van der Waals surface area contributed by atoms with Crippen LogP contribution in [0.4, 0.5) is 0 Å². The van der Waals surface area contributed by atoms with E-state index < -0.39 is 11.6 Å². The van der Waals surface area contributed by atoms with Crippen molar-refractivity contribution in [3.05, 3.63) is 134 Å². The first-order chi connectivity index (χ1) is 21.5. The van der Waals surface area contributed by atoms with E-state index in [2.05, 4.69) is 54.8 Å². The van der Waals surface area contributed by atoms with E-state index in [0.717, 1.165) is 38.5 Å². The Bertz CT molecular complexity index is 1550. The van der Waals surface area contributed by atoms with Gasteiger partial charge in [-0.1, -0.05) is 92.5 Å². The number of aliphatic hydroxyl groups is 1. The predicted octanol–water partition coefficient (Wildman–Crippen LogP) is 6.73. The molecule has 0 bridgehead atoms. The van der Waals surface area contributed by atoms with Crippen molar-refractivity contribution in [3.8, 4) is 5.75 Å². The standard InChI is InChI=1S/C35H35Br2N3O4/c36-29-17-13-26(14-18-29)32-35(24-28-11-4-5-12-31(28)37,34(42)40-38-21-6-10-25-8-2-1-3-9-25)39-33(44-32)27-15-19-30(20-16-27)43-23-7-22-41/h1-5,8-9,11-20,32,38,41H,6-7,10,21-24H2,(H,40,42)/t32-,35-/m0/s1. The second-order valence-corrected chi connectivity index (χ2v) is 12.3. The maximum Gasteiger partial charge on any atom is 0.266 e. The van der Waals surface area contributed by atoms with Crippen molar-refractivity contribution in [2.24, 2.45) is 4.99 Å². The molecule has 5 rings (SSSR count). The zero-order chi connectivity index (χ0) is 30.8. The third-order valence-electron chi connectivity index (χ3n) is 7.43. The summed E-state index contributed by atoms with van der Waals surface area (Å²) in [6.45, 7) is 1.10. The minimum absolute atomic E-state index is 0.0731. The first-order valence-electron chi connectivity index (χ1n) is 14.7. The Labute approximate surface area is 274 Å². The summed E-state index contributed by atoms with van der Waals surface area (Å²) in [7, 11) is 0. The average Bonchev–Trinajstić information content (AvgIpc) is 3.43. The lowest BCUT2D eigenvalue weighted by Gasteiger charge is -2.31. The minimum atomic E-state index is -1.31. The van der Waals surface area contributed by atoms with Crippen LogP contribution in [0.5, 0.6) is 5.75 Å². The van der Waals surface area contributed by atoms with Crippen molar-refractivity contribution in [3.63, 3.8) is 0 Å². The fraction of sp³-hybridized carbons (Fsp3) is 0.257. The number of aliphatic hydroxyl groups excluding tert-OH is 1. The summed E-state index contributed by atoms with van der Waals surface area (Å²) in [4.78, 5) is 19.4. The minimum Gasteiger partial charge on any atom is -0.494 e. The van der Waals surface area contributed by atoms with Gasteiger partial charge in [-0.25, -0.2) is 10.4 Å². The number of aliphatic imine (C=N–C) groups is 1. The highest BCUT2D eigenvalue weighted by molar-refractivity contribution is 9.10. The number of nitrogens with zero attached hydrogens (tertiary/aromatic N) is 1. The van der Waals surface area contributed by atoms with Crippen molar-refractivity contribution in [1.82, 2.24) is 10.9 Å². The van der Waals surface area contributed by atoms with E-state index >= 15 is 0 Å². The van der Waals surface area contributed by atoms with Gasteiger partial charge in [0.15, 0.2) is 11.6 Å². The van der Waals surface area contributed by atoms with Crippen LogP contribution in [-0.4, -0.2) is 42.2 Å². The molecule has 2 atom stereocenters. The quantitative estimate of drug-likeness (QED) is 0.0994. The number of nitrogens with one attached hydrogen (secondary N) is 2. The number of hydrazine groups is 1. The van der Waals surface area contributed by atoms with E-state index in [4.69, 9.17) is 19.6 Å². The number of carbonyl (C=O) groups excluding carboxylic acids is 1. The van der Waals surface area contributed by atoms with Crippen molar-refractivity contribution in [2.45, 2.75) is 37.3 Å². The second kappa shape index (κ2) is 15.5. The van der Waals surface area contributed by atoms with Gasteiger partial charge < -0.3 is 14.6 Å². The lowest BCUT2D eigenvalue weighted by atomic mass is 9.82. The highest BCUT2D eigenvalue weighted by Crippen LogP contribution is 2.43. The number of hydrogen-bond acceptors (Lipinski definition) is 6. The molecule has 0 saturated heterocycles. The van der Waals surface area contributed by atoms with Gasteiger partial charge in [-0.15, -0.1) is 0 Å². The van der Waals surface area contributed by atoms with Crippen LogP contribution in [0.15, 0.2) is 117 Å². The van der Waals surface area contributed by atoms with Crippen molar-refractivity contribution >= 4 is 43.7 Å². The van der Waals surface area contributed by atoms with Gasteiger partial charge in [-0.3, -0.25) is 10.2 Å². The lowest BCUT2D eigenvalue weighted by Crippen LogP contribution is -2.54. The molecule has 44 heavy (non-hydrogen) atoms. The van der Waals surface area contributed by atoms with E-state index in [1.54, 1.807) is 0 Å². The van der Waals surface area contributed by atoms with Gasteiger partial charge >= 0.3 is 0 Å². The van der Waals surface area contributed by atoms with Gasteiger partial charge in [-0.05, 0) is 72.0 Å². The molecule has 0 aliphatic carbocycles. The number of rotatable bonds is 14. The van der Waals surface area contributed by atoms with E-state index in [-0.39, 0.29) is 12.5 Å². The lowest BCUT2D eigenvalue weighted by molar-refractivity contribution is -0.130. The molecule has 228 valence electrons. The Balaban J connectivity index is 1.45. The molecular weight excluding hydrogens is 686 g/mol. The van der Waals surface area contributed by atoms with Crippen LogP contribution >= 0.6 is 31.9 Å². The first-order valence-corrected chi connectivity index (χ1v) is 16.2. The average molecular weight is 721 g/mol. The molecule has 1 heterocycles. The number of halogens is 2. The van der Waals surface area contributed by atoms with E-state index in [9.17, 15) is 4.79 Å². The smallest absolute Gasteiger partial charge is 0.266 e. The molecule has 0 spiro atoms. The SMILES string of the molecule is O=C(NNCCCc1ccccc1)[C@@]1(Cc2ccccc2Br)N=C(c2ccc(OCCCO)cc2)O[C@H]1c1ccc(Br)cc1. The van der Waals surface area contributed by atoms with Crippen molar-refractivity contribution < 1.29 is 19.4 Å². The third kappa shape index (κ3) is 7.95. The molecule has 1 amide bonds. The number of aryl methyl sites for hydroxylation is 1. The predicted molar refractivity (Wildman–Crippen MR) is 180 cm³/mol. The van der Waals surface area contributed by atoms with Crippen LogP contribution < -0.4 is 15.6 Å². The molecule has 0 aromatic heterocycles. The number of amides is 1. The van der Waals surface area contributed by atoms with E-state index in [1.165, 1.54) is 5.56 Å². The summed E-state index contributed by atoms with van der Waals surface area (Å²) in [5.74, 6) is 0.785. The van der Waals surface area contributed by atoms with Gasteiger partial charge in [0.05, 0.1) is 6.61 Å². The maximum absolute atomic E-state index is 14.3. The highest BCUT2D eigenvalue weighted by Gasteiger charge is 2.53. The summed E-state index contributed by atoms with van der Waals surface area (Å²) in [5.41, 5.74) is 8.57. The second-order valence-electron chi connectivity index (χ2n) is 10.6. The molecule has 0 unspecified atom stereocenters. The van der Waals surface area contributed by atoms with Gasteiger partial charge in [-0.2, -0.15) is 0 Å². The highest BCUT2D eigenvalue weighted by atomic mass is 79.9. The molecule has 0 radical (unpaired) electrons. The summed E-state index contributed by atoms with van der Waals surface area (Å²) < 4.78 is 14.1. The van der Waals surface area contributed by atoms with Crippen molar-refractivity contribution in [2.75, 3.05) is 19.8 Å².